The molecule has 1 aliphatic carbocycles. The van der Waals surface area contributed by atoms with Gasteiger partial charge in [-0.2, -0.15) is 0 Å². The zero-order chi connectivity index (χ0) is 18.8. The van der Waals surface area contributed by atoms with Crippen LogP contribution in [0.4, 0.5) is 5.69 Å². The van der Waals surface area contributed by atoms with Crippen molar-refractivity contribution in [3.05, 3.63) is 58.5 Å². The molecule has 3 aromatic rings. The summed E-state index contributed by atoms with van der Waals surface area (Å²) in [5.41, 5.74) is 3.82. The first-order valence-electron chi connectivity index (χ1n) is 9.89. The van der Waals surface area contributed by atoms with Gasteiger partial charge in [-0.05, 0) is 49.4 Å². The number of nitrogens with one attached hydrogen (secondary N) is 1. The summed E-state index contributed by atoms with van der Waals surface area (Å²) in [6.45, 7) is 0.655. The third-order valence-electron chi connectivity index (χ3n) is 5.78. The number of anilines is 1. The van der Waals surface area contributed by atoms with E-state index >= 15 is 0 Å². The van der Waals surface area contributed by atoms with Gasteiger partial charge in [0.25, 0.3) is 0 Å². The lowest BCUT2D eigenvalue weighted by atomic mass is 10.1. The van der Waals surface area contributed by atoms with E-state index in [1.54, 1.807) is 7.05 Å². The molecule has 27 heavy (non-hydrogen) atoms. The van der Waals surface area contributed by atoms with Crippen LogP contribution in [-0.2, 0) is 13.0 Å². The van der Waals surface area contributed by atoms with Crippen LogP contribution in [0, 0.1) is 0 Å². The molecule has 0 bridgehead atoms. The van der Waals surface area contributed by atoms with E-state index in [4.69, 9.17) is 0 Å². The average molecular weight is 365 g/mol. The Hall–Kier alpha value is -2.69. The lowest BCUT2D eigenvalue weighted by Gasteiger charge is -2.11. The van der Waals surface area contributed by atoms with Crippen LogP contribution in [0.15, 0.2) is 47.3 Å². The number of phenols is 1. The van der Waals surface area contributed by atoms with Gasteiger partial charge in [-0.3, -0.25) is 9.13 Å². The topological polar surface area (TPSA) is 59.2 Å². The second kappa shape index (κ2) is 7.51. The molecule has 0 aliphatic heterocycles. The molecule has 1 heterocycles. The molecular weight excluding hydrogens is 338 g/mol. The van der Waals surface area contributed by atoms with Crippen LogP contribution in [0.2, 0.25) is 0 Å². The fourth-order valence-corrected chi connectivity index (χ4v) is 4.39. The van der Waals surface area contributed by atoms with Gasteiger partial charge in [-0.15, -0.1) is 0 Å². The number of aryl methyl sites for hydroxylation is 2. The van der Waals surface area contributed by atoms with E-state index in [1.807, 2.05) is 45.5 Å². The molecule has 0 unspecified atom stereocenters. The number of rotatable bonds is 6. The third-order valence-corrected chi connectivity index (χ3v) is 5.78. The van der Waals surface area contributed by atoms with Crippen molar-refractivity contribution in [2.45, 2.75) is 51.1 Å². The van der Waals surface area contributed by atoms with Crippen LogP contribution < -0.4 is 11.0 Å². The zero-order valence-corrected chi connectivity index (χ0v) is 15.8. The number of nitrogens with zero attached hydrogens (tertiary/aromatic N) is 2. The number of aromatic nitrogens is 2. The summed E-state index contributed by atoms with van der Waals surface area (Å²) in [7, 11) is 1.80. The molecular formula is C22H27N3O2. The Morgan fingerprint density at radius 3 is 2.56 bits per heavy atom. The number of hydrogen-bond acceptors (Lipinski definition) is 3. The SMILES string of the molecule is CNc1cccc(CCCn2c(=O)n(C3CCCC3)c3ccccc32)c1O. The number of benzene rings is 2. The smallest absolute Gasteiger partial charge is 0.329 e. The van der Waals surface area contributed by atoms with Gasteiger partial charge in [-0.25, -0.2) is 4.79 Å². The minimum atomic E-state index is 0.108. The molecule has 2 N–H and O–H groups in total. The Balaban J connectivity index is 1.59. The third kappa shape index (κ3) is 3.22. The van der Waals surface area contributed by atoms with Crippen molar-refractivity contribution < 1.29 is 5.11 Å². The maximum absolute atomic E-state index is 13.2. The highest BCUT2D eigenvalue weighted by atomic mass is 16.3. The minimum Gasteiger partial charge on any atom is -0.505 e. The summed E-state index contributed by atoms with van der Waals surface area (Å²) in [6.07, 6.45) is 6.14. The number of aromatic hydroxyl groups is 1. The van der Waals surface area contributed by atoms with Gasteiger partial charge in [0.15, 0.2) is 0 Å². The number of fused-ring (bicyclic) bond motifs is 1. The molecule has 142 valence electrons. The van der Waals surface area contributed by atoms with Gasteiger partial charge in [0.05, 0.1) is 16.7 Å². The van der Waals surface area contributed by atoms with Crippen molar-refractivity contribution in [3.8, 4) is 5.75 Å². The van der Waals surface area contributed by atoms with E-state index < -0.39 is 0 Å². The van der Waals surface area contributed by atoms with E-state index in [-0.39, 0.29) is 5.69 Å². The van der Waals surface area contributed by atoms with Gasteiger partial charge >= 0.3 is 5.69 Å². The number of imidazole rings is 1. The monoisotopic (exact) mass is 365 g/mol. The summed E-state index contributed by atoms with van der Waals surface area (Å²) >= 11 is 0. The highest BCUT2D eigenvalue weighted by molar-refractivity contribution is 5.76. The van der Waals surface area contributed by atoms with Gasteiger partial charge in [0, 0.05) is 19.6 Å². The Labute approximate surface area is 159 Å². The maximum atomic E-state index is 13.2. The Bertz CT molecular complexity index is 996. The molecule has 1 fully saturated rings. The van der Waals surface area contributed by atoms with E-state index in [0.29, 0.717) is 18.3 Å². The van der Waals surface area contributed by atoms with Crippen molar-refractivity contribution in [2.75, 3.05) is 12.4 Å². The first kappa shape index (κ1) is 17.7. The predicted molar refractivity (Wildman–Crippen MR) is 110 cm³/mol. The molecule has 0 amide bonds. The van der Waals surface area contributed by atoms with E-state index in [0.717, 1.165) is 48.0 Å². The van der Waals surface area contributed by atoms with Crippen LogP contribution in [0.5, 0.6) is 5.75 Å². The highest BCUT2D eigenvalue weighted by Gasteiger charge is 2.23. The first-order valence-corrected chi connectivity index (χ1v) is 9.89. The molecule has 0 atom stereocenters. The number of phenolic OH excluding ortho intramolecular Hbond substituents is 1. The van der Waals surface area contributed by atoms with Crippen molar-refractivity contribution in [2.24, 2.45) is 0 Å². The summed E-state index contributed by atoms with van der Waals surface area (Å²) in [4.78, 5) is 13.2. The first-order chi connectivity index (χ1) is 13.2. The van der Waals surface area contributed by atoms with Crippen LogP contribution in [0.3, 0.4) is 0 Å². The van der Waals surface area contributed by atoms with Crippen LogP contribution in [-0.4, -0.2) is 21.3 Å². The Kier molecular flexibility index (Phi) is 4.92. The average Bonchev–Trinajstić information content (AvgIpc) is 3.30. The molecule has 4 rings (SSSR count). The van der Waals surface area contributed by atoms with Gasteiger partial charge < -0.3 is 10.4 Å². The van der Waals surface area contributed by atoms with Crippen molar-refractivity contribution in [1.82, 2.24) is 9.13 Å². The summed E-state index contributed by atoms with van der Waals surface area (Å²) in [5, 5.41) is 13.3. The summed E-state index contributed by atoms with van der Waals surface area (Å²) < 4.78 is 3.92. The molecule has 5 heteroatoms. The normalized spacial score (nSPS) is 14.9. The van der Waals surface area contributed by atoms with Crippen LogP contribution >= 0.6 is 0 Å². The van der Waals surface area contributed by atoms with Gasteiger partial charge in [0.2, 0.25) is 0 Å². The molecule has 0 radical (unpaired) electrons. The lowest BCUT2D eigenvalue weighted by Crippen LogP contribution is -2.26. The van der Waals surface area contributed by atoms with Gasteiger partial charge in [0.1, 0.15) is 5.75 Å². The lowest BCUT2D eigenvalue weighted by molar-refractivity contribution is 0.467. The maximum Gasteiger partial charge on any atom is 0.329 e. The highest BCUT2D eigenvalue weighted by Crippen LogP contribution is 2.31. The van der Waals surface area contributed by atoms with Gasteiger partial charge in [-0.1, -0.05) is 37.1 Å². The number of para-hydroxylation sites is 3. The Morgan fingerprint density at radius 1 is 1.07 bits per heavy atom. The number of hydrogen-bond donors (Lipinski definition) is 2. The van der Waals surface area contributed by atoms with Crippen molar-refractivity contribution >= 4 is 16.7 Å². The predicted octanol–water partition coefficient (Wildman–Crippen LogP) is 4.30. The molecule has 1 aromatic heterocycles. The fraction of sp³-hybridized carbons (Fsp3) is 0.409. The van der Waals surface area contributed by atoms with Crippen LogP contribution in [0.25, 0.3) is 11.0 Å². The zero-order valence-electron chi connectivity index (χ0n) is 15.8. The fourth-order valence-electron chi connectivity index (χ4n) is 4.39. The van der Waals surface area contributed by atoms with E-state index in [9.17, 15) is 9.90 Å². The van der Waals surface area contributed by atoms with E-state index in [2.05, 4.69) is 11.4 Å². The van der Waals surface area contributed by atoms with Crippen molar-refractivity contribution in [1.29, 1.82) is 0 Å². The molecule has 5 nitrogen and oxygen atoms in total. The second-order valence-electron chi connectivity index (χ2n) is 7.40. The second-order valence-corrected chi connectivity index (χ2v) is 7.40. The minimum absolute atomic E-state index is 0.108. The van der Waals surface area contributed by atoms with Crippen LogP contribution in [0.1, 0.15) is 43.7 Å². The van der Waals surface area contributed by atoms with Crippen molar-refractivity contribution in [3.63, 3.8) is 0 Å². The standard InChI is InChI=1S/C22H27N3O2/c1-23-18-12-6-8-16(21(18)26)9-7-15-24-19-13-4-5-14-20(19)25(22(24)27)17-10-2-3-11-17/h4-6,8,12-14,17,23,26H,2-3,7,9-11,15H2,1H3. The molecule has 1 aliphatic rings. The molecule has 2 aromatic carbocycles. The molecule has 1 saturated carbocycles. The van der Waals surface area contributed by atoms with E-state index in [1.165, 1.54) is 12.8 Å². The quantitative estimate of drug-likeness (QED) is 0.640. The molecule has 0 spiro atoms. The largest absolute Gasteiger partial charge is 0.505 e. The molecule has 0 saturated heterocycles. The summed E-state index contributed by atoms with van der Waals surface area (Å²) in [6, 6.07) is 14.2. The summed E-state index contributed by atoms with van der Waals surface area (Å²) in [5.74, 6) is 0.306. The Morgan fingerprint density at radius 2 is 1.81 bits per heavy atom.